The number of aromatic hydroxyl groups is 1. The third-order valence-electron chi connectivity index (χ3n) is 12.0. The Kier molecular flexibility index (Phi) is 25.9. The maximum absolute atomic E-state index is 11.4. The molecule has 0 aromatic carbocycles. The number of rotatable bonds is 13. The highest BCUT2D eigenvalue weighted by Crippen LogP contribution is 2.46. The Balaban J connectivity index is 0.000000217. The first-order chi connectivity index (χ1) is 37.4. The SMILES string of the molecule is C=C(C)COc1c(I)cc(C(C)O)nc1Cl.CC(=O)c1cc2c(c(Cl)n1)OCC2(C)CN=[N+]=[N-].CC(O)c1cc(I)c(O)c(Cl)n1.CC(O)c1cc2c(c(Cl)n1)OCC2(C)CI.CC(O)c1cc2c(c(Cl)n1)OCC2(C)CN=[N+]=[N-]. The molecule has 3 aliphatic heterocycles. The van der Waals surface area contributed by atoms with Crippen LogP contribution in [0.25, 0.3) is 20.9 Å². The van der Waals surface area contributed by atoms with Crippen LogP contribution in [-0.4, -0.2) is 100 Å². The van der Waals surface area contributed by atoms with Gasteiger partial charge < -0.3 is 44.5 Å². The second kappa shape index (κ2) is 30.2. The zero-order chi connectivity index (χ0) is 60.2. The van der Waals surface area contributed by atoms with Crippen LogP contribution in [0.4, 0.5) is 0 Å². The van der Waals surface area contributed by atoms with Crippen LogP contribution in [0.1, 0.15) is 137 Å². The van der Waals surface area contributed by atoms with Gasteiger partial charge in [0.25, 0.3) is 0 Å². The Morgan fingerprint density at radius 1 is 0.650 bits per heavy atom. The maximum atomic E-state index is 11.4. The number of hydrogen-bond donors (Lipinski definition) is 5. The zero-order valence-electron chi connectivity index (χ0n) is 44.6. The molecule has 7 atom stereocenters. The smallest absolute Gasteiger partial charge is 0.178 e. The van der Waals surface area contributed by atoms with Crippen LogP contribution in [0.5, 0.6) is 28.7 Å². The van der Waals surface area contributed by atoms with Crippen LogP contribution in [0, 0.1) is 7.14 Å². The first-order valence-corrected chi connectivity index (χ1v) is 29.4. The van der Waals surface area contributed by atoms with Crippen molar-refractivity contribution in [2.45, 2.75) is 103 Å². The van der Waals surface area contributed by atoms with Gasteiger partial charge in [-0.3, -0.25) is 4.79 Å². The number of aliphatic hydroxyl groups excluding tert-OH is 4. The minimum absolute atomic E-state index is 0.0257. The first-order valence-electron chi connectivity index (χ1n) is 23.9. The molecule has 5 N–H and O–H groups in total. The summed E-state index contributed by atoms with van der Waals surface area (Å²) in [7, 11) is 0. The van der Waals surface area contributed by atoms with E-state index >= 15 is 0 Å². The van der Waals surface area contributed by atoms with Crippen LogP contribution in [0.3, 0.4) is 0 Å². The number of azide groups is 2. The van der Waals surface area contributed by atoms with E-state index in [0.717, 1.165) is 30.3 Å². The highest BCUT2D eigenvalue weighted by Gasteiger charge is 2.40. The van der Waals surface area contributed by atoms with Gasteiger partial charge in [0.1, 0.15) is 12.3 Å². The Labute approximate surface area is 528 Å². The fourth-order valence-electron chi connectivity index (χ4n) is 7.32. The predicted octanol–water partition coefficient (Wildman–Crippen LogP) is 14.0. The van der Waals surface area contributed by atoms with Crippen LogP contribution >= 0.6 is 126 Å². The van der Waals surface area contributed by atoms with Gasteiger partial charge in [-0.05, 0) is 127 Å². The minimum atomic E-state index is -0.711. The molecule has 29 heteroatoms. The summed E-state index contributed by atoms with van der Waals surface area (Å²) >= 11 is 36.0. The molecule has 80 heavy (non-hydrogen) atoms. The molecule has 0 fully saturated rings. The van der Waals surface area contributed by atoms with E-state index in [0.29, 0.717) is 80.9 Å². The number of carbonyl (C=O) groups excluding carboxylic acids is 1. The van der Waals surface area contributed by atoms with E-state index in [1.807, 2.05) is 49.4 Å². The van der Waals surface area contributed by atoms with Crippen molar-refractivity contribution in [3.63, 3.8) is 0 Å². The number of alkyl halides is 1. The molecular formula is C51H57Cl5I3N11O10. The van der Waals surface area contributed by atoms with Crippen molar-refractivity contribution in [1.29, 1.82) is 0 Å². The summed E-state index contributed by atoms with van der Waals surface area (Å²) in [4.78, 5) is 36.9. The van der Waals surface area contributed by atoms with Crippen LogP contribution in [0.2, 0.25) is 25.8 Å². The van der Waals surface area contributed by atoms with Crippen molar-refractivity contribution < 1.29 is 49.3 Å². The molecule has 8 rings (SSSR count). The Bertz CT molecular complexity index is 3150. The molecule has 7 unspecified atom stereocenters. The lowest BCUT2D eigenvalue weighted by Gasteiger charge is -2.20. The highest BCUT2D eigenvalue weighted by molar-refractivity contribution is 14.1. The van der Waals surface area contributed by atoms with E-state index in [1.54, 1.807) is 52.0 Å². The molecule has 0 spiro atoms. The van der Waals surface area contributed by atoms with E-state index in [1.165, 1.54) is 6.92 Å². The second-order valence-corrected chi connectivity index (χ2v) is 24.3. The van der Waals surface area contributed by atoms with Gasteiger partial charge in [-0.25, -0.2) is 24.9 Å². The number of ketones is 1. The fraction of sp³-hybridized carbons (Fsp3) is 0.451. The van der Waals surface area contributed by atoms with Gasteiger partial charge in [0.05, 0.1) is 74.2 Å². The number of Topliss-reactive ketones (excluding diaryl/α,β-unsaturated/α-hetero) is 1. The molecule has 432 valence electrons. The third kappa shape index (κ3) is 17.7. The summed E-state index contributed by atoms with van der Waals surface area (Å²) in [5.41, 5.74) is 21.8. The lowest BCUT2D eigenvalue weighted by Crippen LogP contribution is -2.27. The van der Waals surface area contributed by atoms with E-state index in [-0.39, 0.29) is 56.3 Å². The summed E-state index contributed by atoms with van der Waals surface area (Å²) in [5.74, 6) is 1.98. The van der Waals surface area contributed by atoms with Crippen molar-refractivity contribution in [2.75, 3.05) is 43.9 Å². The van der Waals surface area contributed by atoms with Gasteiger partial charge >= 0.3 is 0 Å². The number of fused-ring (bicyclic) bond motifs is 3. The molecule has 5 aromatic heterocycles. The summed E-state index contributed by atoms with van der Waals surface area (Å²) in [5, 5.41) is 55.2. The topological polar surface area (TPSA) is 317 Å². The van der Waals surface area contributed by atoms with Gasteiger partial charge in [-0.2, -0.15) is 0 Å². The Morgan fingerprint density at radius 3 is 1.39 bits per heavy atom. The molecule has 0 amide bonds. The van der Waals surface area contributed by atoms with Crippen molar-refractivity contribution >= 4 is 132 Å². The number of hydrogen-bond acceptors (Lipinski definition) is 17. The minimum Gasteiger partial charge on any atom is -0.504 e. The first kappa shape index (κ1) is 68.8. The van der Waals surface area contributed by atoms with Gasteiger partial charge in [0, 0.05) is 67.2 Å². The maximum Gasteiger partial charge on any atom is 0.178 e. The molecule has 21 nitrogen and oxygen atoms in total. The monoisotopic (exact) mass is 1540 g/mol. The highest BCUT2D eigenvalue weighted by atomic mass is 127. The molecule has 3 aliphatic rings. The second-order valence-electron chi connectivity index (χ2n) is 19.4. The molecule has 0 aliphatic carbocycles. The van der Waals surface area contributed by atoms with Crippen molar-refractivity contribution in [2.24, 2.45) is 10.2 Å². The molecular weight excluding hydrogens is 1480 g/mol. The van der Waals surface area contributed by atoms with E-state index in [4.69, 9.17) is 93.1 Å². The molecule has 5 aromatic rings. The van der Waals surface area contributed by atoms with Crippen molar-refractivity contribution in [3.8, 4) is 28.7 Å². The number of aromatic nitrogens is 5. The Hall–Kier alpha value is -3.74. The number of ether oxygens (including phenoxy) is 4. The predicted molar refractivity (Wildman–Crippen MR) is 332 cm³/mol. The quantitative estimate of drug-likeness (QED) is 0.0107. The lowest BCUT2D eigenvalue weighted by atomic mass is 9.84. The van der Waals surface area contributed by atoms with Gasteiger partial charge in [0.2, 0.25) is 0 Å². The molecule has 0 saturated heterocycles. The largest absolute Gasteiger partial charge is 0.504 e. The standard InChI is InChI=1S/2C11H13ClINO2.C11H13ClN4O2.C11H11ClN4O2.C7H7ClINO2/c1-6(15)8-3-7-9(10(12)14-8)16-5-11(7,2)4-13;1-6(2)5-16-10-8(13)4-9(7(3)15)14-11(10)12;2*1-6(17)8-3-7-9(10(12)15-8)18-5-11(7,2)4-14-16-13;1-3(11)5-2-4(9)6(12)7(8)10-5/h3,6,15H,4-5H2,1-2H3;4,7,15H,1,5H2,2-3H3;3,6,17H,4-5H2,1-2H3;3H,4-5H2,1-2H3;2-3,11-12H,1H3. The number of pyridine rings is 5. The third-order valence-corrected chi connectivity index (χ3v) is 16.6. The van der Waals surface area contributed by atoms with Crippen molar-refractivity contribution in [1.82, 2.24) is 24.9 Å². The average Bonchev–Trinajstić information content (AvgIpc) is 4.05. The number of halogens is 8. The summed E-state index contributed by atoms with van der Waals surface area (Å²) in [6, 6.07) is 8.66. The molecule has 8 heterocycles. The summed E-state index contributed by atoms with van der Waals surface area (Å²) < 4.78 is 24.4. The van der Waals surface area contributed by atoms with Crippen molar-refractivity contribution in [3.05, 3.63) is 141 Å². The average molecular weight is 1540 g/mol. The van der Waals surface area contributed by atoms with E-state index in [9.17, 15) is 25.2 Å². The Morgan fingerprint density at radius 2 is 1.01 bits per heavy atom. The summed E-state index contributed by atoms with van der Waals surface area (Å²) in [6.07, 6.45) is -2.63. The van der Waals surface area contributed by atoms with Crippen LogP contribution < -0.4 is 18.9 Å². The van der Waals surface area contributed by atoms with Gasteiger partial charge in [-0.1, -0.05) is 118 Å². The van der Waals surface area contributed by atoms with Gasteiger partial charge in [-0.15, -0.1) is 0 Å². The van der Waals surface area contributed by atoms with Crippen LogP contribution in [-0.2, 0) is 16.2 Å². The molecule has 0 bridgehead atoms. The number of aliphatic hydroxyl groups is 4. The number of nitrogens with zero attached hydrogens (tertiary/aromatic N) is 11. The lowest BCUT2D eigenvalue weighted by molar-refractivity contribution is 0.101. The molecule has 0 saturated carbocycles. The van der Waals surface area contributed by atoms with E-state index < -0.39 is 35.2 Å². The van der Waals surface area contributed by atoms with Crippen LogP contribution in [0.15, 0.2) is 52.7 Å². The summed E-state index contributed by atoms with van der Waals surface area (Å²) in [6.45, 7) is 21.8. The molecule has 0 radical (unpaired) electrons. The normalized spacial score (nSPS) is 19.3. The fourth-order valence-corrected chi connectivity index (χ4v) is 10.8. The number of carbonyl (C=O) groups is 1. The van der Waals surface area contributed by atoms with Gasteiger partial charge in [0.15, 0.2) is 60.3 Å². The van der Waals surface area contributed by atoms with E-state index in [2.05, 4.69) is 104 Å². The zero-order valence-corrected chi connectivity index (χ0v) is 54.8.